The van der Waals surface area contributed by atoms with Crippen LogP contribution >= 0.6 is 11.8 Å². The van der Waals surface area contributed by atoms with E-state index in [1.165, 1.54) is 18.5 Å². The van der Waals surface area contributed by atoms with Crippen LogP contribution in [0.25, 0.3) is 21.9 Å². The molecule has 5 rings (SSSR count). The van der Waals surface area contributed by atoms with Gasteiger partial charge in [0.1, 0.15) is 5.82 Å². The van der Waals surface area contributed by atoms with Crippen molar-refractivity contribution in [2.24, 2.45) is 0 Å². The Hall–Kier alpha value is -2.97. The zero-order valence-electron chi connectivity index (χ0n) is 18.2. The van der Waals surface area contributed by atoms with Crippen LogP contribution in [0.1, 0.15) is 35.8 Å². The number of aromatic amines is 1. The minimum absolute atomic E-state index is 0.220. The summed E-state index contributed by atoms with van der Waals surface area (Å²) >= 11 is 1.94. The molecule has 4 heterocycles. The minimum atomic E-state index is -0.220. The van der Waals surface area contributed by atoms with Crippen molar-refractivity contribution >= 4 is 45.4 Å². The molecule has 7 nitrogen and oxygen atoms in total. The second-order valence-corrected chi connectivity index (χ2v) is 9.50. The number of hydrogen-bond acceptors (Lipinski definition) is 6. The van der Waals surface area contributed by atoms with Crippen LogP contribution in [-0.2, 0) is 6.54 Å². The van der Waals surface area contributed by atoms with Crippen LogP contribution in [-0.4, -0.2) is 54.8 Å². The lowest BCUT2D eigenvalue weighted by Gasteiger charge is -2.28. The first-order valence-electron chi connectivity index (χ1n) is 10.9. The Balaban J connectivity index is 1.31. The number of pyridine rings is 1. The summed E-state index contributed by atoms with van der Waals surface area (Å²) in [5.41, 5.74) is 4.13. The smallest absolute Gasteiger partial charge is 0.256 e. The van der Waals surface area contributed by atoms with Gasteiger partial charge in [-0.2, -0.15) is 11.8 Å². The van der Waals surface area contributed by atoms with Gasteiger partial charge in [-0.3, -0.25) is 19.7 Å². The van der Waals surface area contributed by atoms with E-state index in [1.807, 2.05) is 24.0 Å². The summed E-state index contributed by atoms with van der Waals surface area (Å²) in [6.45, 7) is 4.37. The Morgan fingerprint density at radius 2 is 2.06 bits per heavy atom. The molecule has 1 fully saturated rings. The van der Waals surface area contributed by atoms with Crippen LogP contribution < -0.4 is 5.32 Å². The van der Waals surface area contributed by atoms with Crippen molar-refractivity contribution in [1.82, 2.24) is 24.8 Å². The number of benzene rings is 1. The number of aromatic nitrogens is 4. The maximum atomic E-state index is 12.7. The number of hydrogen-bond donors (Lipinski definition) is 2. The highest BCUT2D eigenvalue weighted by molar-refractivity contribution is 7.99. The highest BCUT2D eigenvalue weighted by Crippen LogP contribution is 2.28. The molecule has 4 aromatic rings. The molecule has 0 spiro atoms. The van der Waals surface area contributed by atoms with Crippen molar-refractivity contribution in [3.8, 4) is 0 Å². The molecule has 3 aromatic heterocycles. The number of thioether (sulfide) groups is 1. The summed E-state index contributed by atoms with van der Waals surface area (Å²) in [7, 11) is 0. The van der Waals surface area contributed by atoms with Crippen molar-refractivity contribution in [2.45, 2.75) is 37.6 Å². The summed E-state index contributed by atoms with van der Waals surface area (Å²) in [5, 5.41) is 4.58. The molecule has 2 atom stereocenters. The second kappa shape index (κ2) is 8.88. The fourth-order valence-electron chi connectivity index (χ4n) is 4.49. The third kappa shape index (κ3) is 4.20. The first-order valence-corrected chi connectivity index (χ1v) is 12.2. The number of H-pyrrole nitrogens is 1. The number of anilines is 1. The lowest BCUT2D eigenvalue weighted by Crippen LogP contribution is -2.35. The van der Waals surface area contributed by atoms with E-state index in [1.54, 1.807) is 30.6 Å². The molecule has 1 aromatic carbocycles. The maximum Gasteiger partial charge on any atom is 0.256 e. The van der Waals surface area contributed by atoms with Crippen LogP contribution in [0.15, 0.2) is 48.9 Å². The number of amides is 1. The number of carbonyl (C=O) groups is 1. The van der Waals surface area contributed by atoms with Crippen molar-refractivity contribution < 1.29 is 4.79 Å². The van der Waals surface area contributed by atoms with E-state index in [4.69, 9.17) is 0 Å². The van der Waals surface area contributed by atoms with Crippen LogP contribution in [0, 0.1) is 0 Å². The fraction of sp³-hybridized carbons (Fsp3) is 0.333. The van der Waals surface area contributed by atoms with Crippen LogP contribution in [0.5, 0.6) is 0 Å². The van der Waals surface area contributed by atoms with Gasteiger partial charge in [-0.1, -0.05) is 6.92 Å². The van der Waals surface area contributed by atoms with E-state index in [0.717, 1.165) is 29.5 Å². The average molecular weight is 447 g/mol. The van der Waals surface area contributed by atoms with E-state index in [2.05, 4.69) is 49.4 Å². The Kier molecular flexibility index (Phi) is 5.80. The lowest BCUT2D eigenvalue weighted by molar-refractivity contribution is 0.102. The predicted molar refractivity (Wildman–Crippen MR) is 130 cm³/mol. The van der Waals surface area contributed by atoms with Gasteiger partial charge in [-0.25, -0.2) is 4.98 Å². The van der Waals surface area contributed by atoms with Crippen molar-refractivity contribution in [1.29, 1.82) is 0 Å². The number of nitrogens with one attached hydrogen (secondary N) is 2. The molecule has 1 unspecified atom stereocenters. The van der Waals surface area contributed by atoms with Crippen molar-refractivity contribution in [2.75, 3.05) is 18.1 Å². The quantitative estimate of drug-likeness (QED) is 0.454. The zero-order valence-corrected chi connectivity index (χ0v) is 19.0. The molecule has 2 N–H and O–H groups in total. The summed E-state index contributed by atoms with van der Waals surface area (Å²) < 4.78 is 0. The normalized spacial score (nSPS) is 17.8. The molecule has 0 saturated carbocycles. The maximum absolute atomic E-state index is 12.7. The SMILES string of the molecule is CS[C@H](C)C1CCCN1Cc1cc2cnc(NC(=O)c3ccc4nccnc4c3)cc2[nH]1. The van der Waals surface area contributed by atoms with E-state index >= 15 is 0 Å². The molecule has 1 aliphatic heterocycles. The molecular formula is C24H26N6OS. The van der Waals surface area contributed by atoms with Gasteiger partial charge in [0.2, 0.25) is 0 Å². The lowest BCUT2D eigenvalue weighted by atomic mass is 10.1. The zero-order chi connectivity index (χ0) is 22.1. The van der Waals surface area contributed by atoms with Gasteiger partial charge in [0.05, 0.1) is 16.6 Å². The van der Waals surface area contributed by atoms with Gasteiger partial charge in [0.25, 0.3) is 5.91 Å². The van der Waals surface area contributed by atoms with Gasteiger partial charge in [0.15, 0.2) is 0 Å². The largest absolute Gasteiger partial charge is 0.357 e. The highest BCUT2D eigenvalue weighted by Gasteiger charge is 2.29. The number of nitrogens with zero attached hydrogens (tertiary/aromatic N) is 4. The fourth-order valence-corrected chi connectivity index (χ4v) is 5.11. The van der Waals surface area contributed by atoms with Gasteiger partial charge in [-0.15, -0.1) is 0 Å². The van der Waals surface area contributed by atoms with Crippen molar-refractivity contribution in [3.05, 3.63) is 60.2 Å². The molecule has 1 aliphatic rings. The van der Waals surface area contributed by atoms with Crippen molar-refractivity contribution in [3.63, 3.8) is 0 Å². The number of likely N-dealkylation sites (tertiary alicyclic amines) is 1. The first-order chi connectivity index (χ1) is 15.6. The minimum Gasteiger partial charge on any atom is -0.357 e. The molecule has 1 saturated heterocycles. The standard InChI is InChI=1S/C24H26N6OS/c1-15(32-2)22-4-3-9-30(22)14-18-10-17-13-27-23(12-20(17)28-18)29-24(31)16-5-6-19-21(11-16)26-8-7-25-19/h5-8,10-13,15,22,28H,3-4,9,14H2,1-2H3,(H,27,29,31)/t15-,22?/m1/s1. The summed E-state index contributed by atoms with van der Waals surface area (Å²) in [6.07, 6.45) is 9.78. The Morgan fingerprint density at radius 3 is 2.91 bits per heavy atom. The molecule has 8 heteroatoms. The van der Waals surface area contributed by atoms with E-state index in [-0.39, 0.29) is 5.91 Å². The van der Waals surface area contributed by atoms with E-state index < -0.39 is 0 Å². The Labute approximate surface area is 191 Å². The van der Waals surface area contributed by atoms with Gasteiger partial charge in [-0.05, 0) is 49.9 Å². The molecule has 1 amide bonds. The first kappa shape index (κ1) is 20.9. The highest BCUT2D eigenvalue weighted by atomic mass is 32.2. The van der Waals surface area contributed by atoms with Crippen LogP contribution in [0.3, 0.4) is 0 Å². The summed E-state index contributed by atoms with van der Waals surface area (Å²) in [4.78, 5) is 31.8. The number of carbonyl (C=O) groups excluding carboxylic acids is 1. The van der Waals surface area contributed by atoms with Gasteiger partial charge < -0.3 is 10.3 Å². The number of fused-ring (bicyclic) bond motifs is 2. The predicted octanol–water partition coefficient (Wildman–Crippen LogP) is 4.47. The van der Waals surface area contributed by atoms with Crippen LogP contribution in [0.2, 0.25) is 0 Å². The third-order valence-corrected chi connectivity index (χ3v) is 7.29. The summed E-state index contributed by atoms with van der Waals surface area (Å²) in [5.74, 6) is 0.298. The number of rotatable bonds is 6. The molecule has 0 bridgehead atoms. The molecule has 0 radical (unpaired) electrons. The Bertz CT molecular complexity index is 1270. The summed E-state index contributed by atoms with van der Waals surface area (Å²) in [6, 6.07) is 9.97. The monoisotopic (exact) mass is 446 g/mol. The van der Waals surface area contributed by atoms with Gasteiger partial charge >= 0.3 is 0 Å². The van der Waals surface area contributed by atoms with Gasteiger partial charge in [0, 0.05) is 59.1 Å². The molecule has 164 valence electrons. The Morgan fingerprint density at radius 1 is 1.22 bits per heavy atom. The molecular weight excluding hydrogens is 420 g/mol. The molecule has 32 heavy (non-hydrogen) atoms. The third-order valence-electron chi connectivity index (χ3n) is 6.23. The van der Waals surface area contributed by atoms with Crippen LogP contribution in [0.4, 0.5) is 5.82 Å². The topological polar surface area (TPSA) is 86.8 Å². The molecule has 0 aliphatic carbocycles. The average Bonchev–Trinajstić information content (AvgIpc) is 3.44. The van der Waals surface area contributed by atoms with E-state index in [9.17, 15) is 4.79 Å². The van der Waals surface area contributed by atoms with E-state index in [0.29, 0.717) is 28.2 Å². The second-order valence-electron chi connectivity index (χ2n) is 8.29.